The smallest absolute Gasteiger partial charge is 0.406 e. The standard InChI is InChI=1S/C21H15F4N3O3S/c22-12-3-1-11(2-4-12)18(29)28-20-27-17-15(9-10-16(17)32-20)19(30)26-13-5-7-14(8-6-13)31-21(23,24)25/h1-8,15H,9-10H2,(H,26,30)(H,27,28,29). The quantitative estimate of drug-likeness (QED) is 0.514. The van der Waals surface area contributed by atoms with Crippen LogP contribution in [0.5, 0.6) is 5.75 Å². The van der Waals surface area contributed by atoms with Crippen LogP contribution < -0.4 is 15.4 Å². The summed E-state index contributed by atoms with van der Waals surface area (Å²) < 4.78 is 53.6. The van der Waals surface area contributed by atoms with E-state index in [-0.39, 0.29) is 17.2 Å². The van der Waals surface area contributed by atoms with Crippen molar-refractivity contribution in [2.45, 2.75) is 25.1 Å². The number of carbonyl (C=O) groups excluding carboxylic acids is 2. The number of nitrogens with zero attached hydrogens (tertiary/aromatic N) is 1. The Hall–Kier alpha value is -3.47. The molecule has 1 aliphatic carbocycles. The van der Waals surface area contributed by atoms with Crippen molar-refractivity contribution in [2.75, 3.05) is 10.6 Å². The van der Waals surface area contributed by atoms with Crippen molar-refractivity contribution in [3.8, 4) is 5.75 Å². The van der Waals surface area contributed by atoms with Crippen LogP contribution in [0.15, 0.2) is 48.5 Å². The van der Waals surface area contributed by atoms with Gasteiger partial charge in [0.05, 0.1) is 11.6 Å². The Balaban J connectivity index is 1.40. The van der Waals surface area contributed by atoms with E-state index in [2.05, 4.69) is 20.4 Å². The molecule has 2 N–H and O–H groups in total. The number of hydrogen-bond acceptors (Lipinski definition) is 5. The van der Waals surface area contributed by atoms with Crippen molar-refractivity contribution in [2.24, 2.45) is 0 Å². The molecule has 0 bridgehead atoms. The lowest BCUT2D eigenvalue weighted by Gasteiger charge is -2.12. The number of benzene rings is 2. The van der Waals surface area contributed by atoms with Crippen LogP contribution in [0, 0.1) is 5.82 Å². The van der Waals surface area contributed by atoms with Gasteiger partial charge in [0.15, 0.2) is 5.13 Å². The van der Waals surface area contributed by atoms with E-state index in [1.54, 1.807) is 0 Å². The van der Waals surface area contributed by atoms with Crippen molar-refractivity contribution in [3.05, 3.63) is 70.5 Å². The number of alkyl halides is 3. The number of anilines is 2. The van der Waals surface area contributed by atoms with Crippen LogP contribution in [-0.2, 0) is 11.2 Å². The minimum absolute atomic E-state index is 0.272. The summed E-state index contributed by atoms with van der Waals surface area (Å²) in [6.07, 6.45) is -3.66. The zero-order valence-corrected chi connectivity index (χ0v) is 17.0. The van der Waals surface area contributed by atoms with E-state index in [4.69, 9.17) is 0 Å². The van der Waals surface area contributed by atoms with Crippen LogP contribution in [0.25, 0.3) is 0 Å². The second-order valence-corrected chi connectivity index (χ2v) is 8.02. The van der Waals surface area contributed by atoms with E-state index < -0.39 is 24.0 Å². The molecule has 0 spiro atoms. The van der Waals surface area contributed by atoms with Crippen LogP contribution in [0.3, 0.4) is 0 Å². The summed E-state index contributed by atoms with van der Waals surface area (Å²) in [5.74, 6) is -2.19. The highest BCUT2D eigenvalue weighted by molar-refractivity contribution is 7.16. The lowest BCUT2D eigenvalue weighted by molar-refractivity contribution is -0.274. The third-order valence-corrected chi connectivity index (χ3v) is 5.76. The molecule has 3 aromatic rings. The molecule has 0 saturated carbocycles. The molecule has 2 amide bonds. The Bertz CT molecular complexity index is 1140. The molecular weight excluding hydrogens is 450 g/mol. The minimum Gasteiger partial charge on any atom is -0.406 e. The first-order chi connectivity index (χ1) is 15.2. The topological polar surface area (TPSA) is 80.3 Å². The predicted molar refractivity (Wildman–Crippen MR) is 109 cm³/mol. The second-order valence-electron chi connectivity index (χ2n) is 6.94. The Morgan fingerprint density at radius 2 is 1.72 bits per heavy atom. The van der Waals surface area contributed by atoms with E-state index in [9.17, 15) is 27.2 Å². The number of halogens is 4. The Morgan fingerprint density at radius 3 is 2.38 bits per heavy atom. The summed E-state index contributed by atoms with van der Waals surface area (Å²) in [5, 5.41) is 5.64. The number of fused-ring (bicyclic) bond motifs is 1. The second kappa shape index (κ2) is 8.58. The number of hydrogen-bond donors (Lipinski definition) is 2. The molecule has 6 nitrogen and oxygen atoms in total. The lowest BCUT2D eigenvalue weighted by Crippen LogP contribution is -2.20. The molecule has 1 aliphatic rings. The highest BCUT2D eigenvalue weighted by atomic mass is 32.1. The van der Waals surface area contributed by atoms with Gasteiger partial charge in [0.1, 0.15) is 11.6 Å². The average molecular weight is 465 g/mol. The molecule has 1 aromatic heterocycles. The fourth-order valence-corrected chi connectivity index (χ4v) is 4.31. The summed E-state index contributed by atoms with van der Waals surface area (Å²) in [4.78, 5) is 30.2. The Labute approximate surface area is 183 Å². The van der Waals surface area contributed by atoms with Crippen LogP contribution >= 0.6 is 11.3 Å². The molecular formula is C21H15F4N3O3S. The van der Waals surface area contributed by atoms with Gasteiger partial charge in [-0.1, -0.05) is 0 Å². The average Bonchev–Trinajstić information content (AvgIpc) is 3.29. The monoisotopic (exact) mass is 465 g/mol. The molecule has 2 aromatic carbocycles. The number of rotatable bonds is 5. The first-order valence-electron chi connectivity index (χ1n) is 9.41. The van der Waals surface area contributed by atoms with Crippen LogP contribution in [0.2, 0.25) is 0 Å². The summed E-state index contributed by atoms with van der Waals surface area (Å²) >= 11 is 1.26. The molecule has 1 unspecified atom stereocenters. The zero-order valence-electron chi connectivity index (χ0n) is 16.2. The first kappa shape index (κ1) is 21.8. The molecule has 166 valence electrons. The van der Waals surface area contributed by atoms with Crippen molar-refractivity contribution in [3.63, 3.8) is 0 Å². The summed E-state index contributed by atoms with van der Waals surface area (Å²) in [6.45, 7) is 0. The van der Waals surface area contributed by atoms with Gasteiger partial charge in [-0.25, -0.2) is 9.37 Å². The van der Waals surface area contributed by atoms with Crippen molar-refractivity contribution in [1.82, 2.24) is 4.98 Å². The summed E-state index contributed by atoms with van der Waals surface area (Å²) in [6, 6.07) is 9.90. The van der Waals surface area contributed by atoms with Gasteiger partial charge in [-0.3, -0.25) is 14.9 Å². The van der Waals surface area contributed by atoms with Crippen LogP contribution in [-0.4, -0.2) is 23.2 Å². The number of amides is 2. The normalized spacial score (nSPS) is 15.2. The van der Waals surface area contributed by atoms with Gasteiger partial charge in [-0.15, -0.1) is 24.5 Å². The summed E-state index contributed by atoms with van der Waals surface area (Å²) in [7, 11) is 0. The predicted octanol–water partition coefficient (Wildman–Crippen LogP) is 5.10. The fourth-order valence-electron chi connectivity index (χ4n) is 3.28. The Morgan fingerprint density at radius 1 is 1.03 bits per heavy atom. The van der Waals surface area contributed by atoms with E-state index in [1.165, 1.54) is 47.7 Å². The van der Waals surface area contributed by atoms with E-state index in [0.29, 0.717) is 29.4 Å². The fraction of sp³-hybridized carbons (Fsp3) is 0.190. The van der Waals surface area contributed by atoms with E-state index in [1.807, 2.05) is 0 Å². The SMILES string of the molecule is O=C(Nc1nc2c(s1)CCC2C(=O)Nc1ccc(OC(F)(F)F)cc1)c1ccc(F)cc1. The van der Waals surface area contributed by atoms with Crippen molar-refractivity contribution in [1.29, 1.82) is 0 Å². The maximum absolute atomic E-state index is 13.0. The van der Waals surface area contributed by atoms with Crippen LogP contribution in [0.4, 0.5) is 28.4 Å². The van der Waals surface area contributed by atoms with Crippen molar-refractivity contribution < 1.29 is 31.9 Å². The van der Waals surface area contributed by atoms with E-state index >= 15 is 0 Å². The van der Waals surface area contributed by atoms with Gasteiger partial charge < -0.3 is 10.1 Å². The van der Waals surface area contributed by atoms with Crippen LogP contribution in [0.1, 0.15) is 33.3 Å². The zero-order chi connectivity index (χ0) is 22.9. The highest BCUT2D eigenvalue weighted by Crippen LogP contribution is 2.39. The maximum Gasteiger partial charge on any atom is 0.573 e. The maximum atomic E-state index is 13.0. The van der Waals surface area contributed by atoms with Gasteiger partial charge in [-0.2, -0.15) is 0 Å². The largest absolute Gasteiger partial charge is 0.573 e. The molecule has 32 heavy (non-hydrogen) atoms. The molecule has 0 radical (unpaired) electrons. The third kappa shape index (κ3) is 5.05. The number of thiazole rings is 1. The molecule has 11 heteroatoms. The van der Waals surface area contributed by atoms with Gasteiger partial charge >= 0.3 is 6.36 Å². The minimum atomic E-state index is -4.79. The molecule has 0 aliphatic heterocycles. The summed E-state index contributed by atoms with van der Waals surface area (Å²) in [5.41, 5.74) is 1.14. The number of ether oxygens (including phenoxy) is 1. The third-order valence-electron chi connectivity index (χ3n) is 4.72. The highest BCUT2D eigenvalue weighted by Gasteiger charge is 2.33. The lowest BCUT2D eigenvalue weighted by atomic mass is 10.1. The molecule has 1 heterocycles. The van der Waals surface area contributed by atoms with Gasteiger partial charge in [0.2, 0.25) is 5.91 Å². The Kier molecular flexibility index (Phi) is 5.83. The van der Waals surface area contributed by atoms with Gasteiger partial charge in [0.25, 0.3) is 5.91 Å². The first-order valence-corrected chi connectivity index (χ1v) is 10.2. The number of aromatic nitrogens is 1. The molecule has 4 rings (SSSR count). The van der Waals surface area contributed by atoms with Gasteiger partial charge in [0, 0.05) is 16.1 Å². The van der Waals surface area contributed by atoms with Gasteiger partial charge in [-0.05, 0) is 61.4 Å². The van der Waals surface area contributed by atoms with Crippen molar-refractivity contribution >= 4 is 34.0 Å². The molecule has 0 saturated heterocycles. The number of aryl methyl sites for hydroxylation is 1. The number of carbonyl (C=O) groups is 2. The molecule has 1 atom stereocenters. The number of nitrogens with one attached hydrogen (secondary N) is 2. The molecule has 0 fully saturated rings. The van der Waals surface area contributed by atoms with E-state index in [0.717, 1.165) is 17.0 Å².